The fourth-order valence-electron chi connectivity index (χ4n) is 9.25. The summed E-state index contributed by atoms with van der Waals surface area (Å²) in [6.45, 7) is 6.98. The number of ether oxygens (including phenoxy) is 1. The minimum absolute atomic E-state index is 0.0579. The van der Waals surface area contributed by atoms with E-state index < -0.39 is 5.97 Å². The maximum Gasteiger partial charge on any atom is 0.306 e. The SMILES string of the molecule is CCCCCCC(=O)O.C[C@]12CC[C@H]3[C@@H](CCC4=CC(=O)CC[C@@]43C)[C@@H]1CC[C@@H]2OC(=O)CCC1CCCC1. The lowest BCUT2D eigenvalue weighted by Crippen LogP contribution is -2.51. The lowest BCUT2D eigenvalue weighted by Gasteiger charge is -2.57. The molecular formula is C34H54O5. The summed E-state index contributed by atoms with van der Waals surface area (Å²) in [5, 5.41) is 8.21. The third kappa shape index (κ3) is 6.99. The van der Waals surface area contributed by atoms with E-state index in [1.807, 2.05) is 6.08 Å². The maximum absolute atomic E-state index is 12.7. The van der Waals surface area contributed by atoms with Gasteiger partial charge in [0.05, 0.1) is 0 Å². The molecule has 5 aliphatic carbocycles. The van der Waals surface area contributed by atoms with Gasteiger partial charge >= 0.3 is 11.9 Å². The second-order valence-corrected chi connectivity index (χ2v) is 14.0. The summed E-state index contributed by atoms with van der Waals surface area (Å²) in [5.41, 5.74) is 1.83. The fourth-order valence-corrected chi connectivity index (χ4v) is 9.25. The number of allylic oxidation sites excluding steroid dienone is 1. The van der Waals surface area contributed by atoms with E-state index in [9.17, 15) is 14.4 Å². The van der Waals surface area contributed by atoms with E-state index in [4.69, 9.17) is 9.84 Å². The monoisotopic (exact) mass is 542 g/mol. The van der Waals surface area contributed by atoms with Crippen molar-refractivity contribution < 1.29 is 24.2 Å². The van der Waals surface area contributed by atoms with Gasteiger partial charge < -0.3 is 9.84 Å². The standard InChI is InChI=1S/C27H40O3.C7H14O2/c1-26-15-13-20(28)17-19(26)8-9-21-22-10-11-24(27(22,2)16-14-23(21)26)30-25(29)12-7-18-5-3-4-6-18;1-2-3-4-5-6-7(8)9/h17-18,21-24H,3-16H2,1-2H3;2-6H2,1H3,(H,8,9)/t21-,22-,23-,24-,26-,27-;/m0./s1. The second kappa shape index (κ2) is 13.3. The van der Waals surface area contributed by atoms with Crippen molar-refractivity contribution in [1.82, 2.24) is 0 Å². The Balaban J connectivity index is 0.000000340. The van der Waals surface area contributed by atoms with Gasteiger partial charge in [0, 0.05) is 24.7 Å². The van der Waals surface area contributed by atoms with Crippen LogP contribution in [-0.4, -0.2) is 28.9 Å². The second-order valence-electron chi connectivity index (χ2n) is 14.0. The topological polar surface area (TPSA) is 80.7 Å². The summed E-state index contributed by atoms with van der Waals surface area (Å²) < 4.78 is 6.17. The summed E-state index contributed by atoms with van der Waals surface area (Å²) in [5.74, 6) is 2.61. The minimum atomic E-state index is -0.675. The van der Waals surface area contributed by atoms with Crippen molar-refractivity contribution in [1.29, 1.82) is 0 Å². The number of aliphatic carboxylic acids is 1. The number of fused-ring (bicyclic) bond motifs is 5. The van der Waals surface area contributed by atoms with Crippen LogP contribution in [0.1, 0.15) is 143 Å². The van der Waals surface area contributed by atoms with Crippen LogP contribution in [0.2, 0.25) is 0 Å². The third-order valence-corrected chi connectivity index (χ3v) is 11.6. The zero-order chi connectivity index (χ0) is 28.0. The average molecular weight is 543 g/mol. The number of ketones is 1. The number of unbranched alkanes of at least 4 members (excludes halogenated alkanes) is 3. The molecule has 0 aromatic carbocycles. The van der Waals surface area contributed by atoms with E-state index in [0.717, 1.165) is 63.2 Å². The van der Waals surface area contributed by atoms with E-state index in [1.54, 1.807) is 0 Å². The quantitative estimate of drug-likeness (QED) is 0.233. The van der Waals surface area contributed by atoms with E-state index in [2.05, 4.69) is 20.8 Å². The predicted octanol–water partition coefficient (Wildman–Crippen LogP) is 8.44. The van der Waals surface area contributed by atoms with Crippen LogP contribution in [0.4, 0.5) is 0 Å². The van der Waals surface area contributed by atoms with Gasteiger partial charge in [0.2, 0.25) is 0 Å². The van der Waals surface area contributed by atoms with Crippen molar-refractivity contribution in [3.05, 3.63) is 11.6 Å². The lowest BCUT2D eigenvalue weighted by molar-refractivity contribution is -0.160. The Morgan fingerprint density at radius 2 is 1.69 bits per heavy atom. The van der Waals surface area contributed by atoms with Gasteiger partial charge in [0.1, 0.15) is 6.10 Å². The first-order chi connectivity index (χ1) is 18.7. The number of hydrogen-bond acceptors (Lipinski definition) is 4. The van der Waals surface area contributed by atoms with Crippen LogP contribution in [0.3, 0.4) is 0 Å². The van der Waals surface area contributed by atoms with Gasteiger partial charge in [0.15, 0.2) is 5.78 Å². The average Bonchev–Trinajstić information content (AvgIpc) is 3.54. The molecule has 0 heterocycles. The van der Waals surface area contributed by atoms with Gasteiger partial charge in [0.25, 0.3) is 0 Å². The van der Waals surface area contributed by atoms with Crippen LogP contribution in [0, 0.1) is 34.5 Å². The predicted molar refractivity (Wildman–Crippen MR) is 154 cm³/mol. The molecule has 0 amide bonds. The maximum atomic E-state index is 12.7. The summed E-state index contributed by atoms with van der Waals surface area (Å²) in [6.07, 6.45) is 22.4. The zero-order valence-electron chi connectivity index (χ0n) is 25.0. The van der Waals surface area contributed by atoms with Crippen LogP contribution >= 0.6 is 0 Å². The summed E-state index contributed by atoms with van der Waals surface area (Å²) in [6, 6.07) is 0. The Labute approximate surface area is 236 Å². The zero-order valence-corrected chi connectivity index (χ0v) is 25.0. The van der Waals surface area contributed by atoms with Gasteiger partial charge in [-0.15, -0.1) is 0 Å². The Morgan fingerprint density at radius 1 is 0.923 bits per heavy atom. The first-order valence-electron chi connectivity index (χ1n) is 16.3. The van der Waals surface area contributed by atoms with Gasteiger partial charge in [-0.2, -0.15) is 0 Å². The molecule has 220 valence electrons. The van der Waals surface area contributed by atoms with Crippen molar-refractivity contribution in [3.8, 4) is 0 Å². The molecule has 0 unspecified atom stereocenters. The van der Waals surface area contributed by atoms with E-state index in [1.165, 1.54) is 63.4 Å². The molecule has 0 aliphatic heterocycles. The molecular weight excluding hydrogens is 488 g/mol. The van der Waals surface area contributed by atoms with Gasteiger partial charge in [-0.25, -0.2) is 0 Å². The van der Waals surface area contributed by atoms with Gasteiger partial charge in [-0.05, 0) is 93.0 Å². The van der Waals surface area contributed by atoms with E-state index >= 15 is 0 Å². The van der Waals surface area contributed by atoms with Gasteiger partial charge in [-0.3, -0.25) is 14.4 Å². The lowest BCUT2D eigenvalue weighted by atomic mass is 9.47. The van der Waals surface area contributed by atoms with Gasteiger partial charge in [-0.1, -0.05) is 71.3 Å². The number of rotatable bonds is 9. The molecule has 4 saturated carbocycles. The van der Waals surface area contributed by atoms with Crippen LogP contribution in [0.15, 0.2) is 11.6 Å². The van der Waals surface area contributed by atoms with E-state index in [-0.39, 0.29) is 22.9 Å². The molecule has 39 heavy (non-hydrogen) atoms. The number of carbonyl (C=O) groups is 3. The molecule has 5 heteroatoms. The normalized spacial score (nSPS) is 35.7. The van der Waals surface area contributed by atoms with Crippen LogP contribution in [0.5, 0.6) is 0 Å². The van der Waals surface area contributed by atoms with Crippen molar-refractivity contribution in [2.45, 2.75) is 149 Å². The number of hydrogen-bond donors (Lipinski definition) is 1. The fraction of sp³-hybridized carbons (Fsp3) is 0.853. The largest absolute Gasteiger partial charge is 0.481 e. The molecule has 4 fully saturated rings. The van der Waals surface area contributed by atoms with Crippen LogP contribution in [0.25, 0.3) is 0 Å². The smallest absolute Gasteiger partial charge is 0.306 e. The molecule has 0 spiro atoms. The highest BCUT2D eigenvalue weighted by Gasteiger charge is 2.59. The highest BCUT2D eigenvalue weighted by Crippen LogP contribution is 2.65. The van der Waals surface area contributed by atoms with Crippen LogP contribution in [-0.2, 0) is 19.1 Å². The highest BCUT2D eigenvalue weighted by molar-refractivity contribution is 5.91. The Kier molecular flexibility index (Phi) is 10.4. The van der Waals surface area contributed by atoms with Crippen molar-refractivity contribution in [2.24, 2.45) is 34.5 Å². The molecule has 5 nitrogen and oxygen atoms in total. The molecule has 0 saturated heterocycles. The molecule has 1 N–H and O–H groups in total. The number of carboxylic acid groups (broad SMARTS) is 1. The van der Waals surface area contributed by atoms with E-state index in [0.29, 0.717) is 30.5 Å². The number of esters is 1. The highest BCUT2D eigenvalue weighted by atomic mass is 16.5. The number of carbonyl (C=O) groups excluding carboxylic acids is 2. The summed E-state index contributed by atoms with van der Waals surface area (Å²) >= 11 is 0. The summed E-state index contributed by atoms with van der Waals surface area (Å²) in [4.78, 5) is 34.6. The minimum Gasteiger partial charge on any atom is -0.481 e. The molecule has 0 bridgehead atoms. The Bertz CT molecular complexity index is 901. The number of carboxylic acids is 1. The van der Waals surface area contributed by atoms with Crippen molar-refractivity contribution >= 4 is 17.7 Å². The first-order valence-corrected chi connectivity index (χ1v) is 16.3. The molecule has 0 radical (unpaired) electrons. The van der Waals surface area contributed by atoms with Crippen molar-refractivity contribution in [2.75, 3.05) is 0 Å². The third-order valence-electron chi connectivity index (χ3n) is 11.6. The Morgan fingerprint density at radius 3 is 2.41 bits per heavy atom. The first kappa shape index (κ1) is 30.3. The van der Waals surface area contributed by atoms with Crippen LogP contribution < -0.4 is 0 Å². The molecule has 6 atom stereocenters. The summed E-state index contributed by atoms with van der Waals surface area (Å²) in [7, 11) is 0. The molecule has 0 aromatic heterocycles. The Hall–Kier alpha value is -1.65. The molecule has 5 rings (SSSR count). The van der Waals surface area contributed by atoms with Crippen molar-refractivity contribution in [3.63, 3.8) is 0 Å². The molecule has 0 aromatic rings. The molecule has 5 aliphatic rings.